The van der Waals surface area contributed by atoms with Crippen molar-refractivity contribution >= 4 is 11.6 Å². The molecule has 22 heavy (non-hydrogen) atoms. The highest BCUT2D eigenvalue weighted by atomic mass is 35.5. The molecule has 0 saturated heterocycles. The van der Waals surface area contributed by atoms with Crippen molar-refractivity contribution in [3.8, 4) is 22.9 Å². The number of benzene rings is 1. The standard InChI is InChI=1S/C15H15ClN4O2/c1-9(17-2)6-14-18-15(22-20-14)13-8-12(19-21-13)10-4-3-5-11(16)7-10/h3-5,7-9,17H,6H2,1-2H3. The van der Waals surface area contributed by atoms with Crippen LogP contribution < -0.4 is 5.32 Å². The predicted octanol–water partition coefficient (Wildman–Crippen LogP) is 3.20. The summed E-state index contributed by atoms with van der Waals surface area (Å²) in [4.78, 5) is 4.32. The van der Waals surface area contributed by atoms with Crippen LogP contribution in [-0.4, -0.2) is 28.4 Å². The maximum atomic E-state index is 5.98. The molecule has 1 N–H and O–H groups in total. The van der Waals surface area contributed by atoms with Gasteiger partial charge in [-0.05, 0) is 26.1 Å². The number of nitrogens with zero attached hydrogens (tertiary/aromatic N) is 3. The Balaban J connectivity index is 1.82. The van der Waals surface area contributed by atoms with Crippen LogP contribution in [0.5, 0.6) is 0 Å². The van der Waals surface area contributed by atoms with Crippen LogP contribution in [0.4, 0.5) is 0 Å². The van der Waals surface area contributed by atoms with Gasteiger partial charge in [-0.25, -0.2) is 0 Å². The molecule has 0 radical (unpaired) electrons. The highest BCUT2D eigenvalue weighted by Crippen LogP contribution is 2.26. The molecule has 3 aromatic rings. The van der Waals surface area contributed by atoms with Crippen molar-refractivity contribution < 1.29 is 9.05 Å². The van der Waals surface area contributed by atoms with Crippen molar-refractivity contribution in [1.29, 1.82) is 0 Å². The summed E-state index contributed by atoms with van der Waals surface area (Å²) in [5.74, 6) is 1.38. The maximum absolute atomic E-state index is 5.98. The smallest absolute Gasteiger partial charge is 0.296 e. The van der Waals surface area contributed by atoms with E-state index in [2.05, 4.69) is 20.6 Å². The van der Waals surface area contributed by atoms with Gasteiger partial charge in [-0.15, -0.1) is 0 Å². The highest BCUT2D eigenvalue weighted by molar-refractivity contribution is 6.30. The minimum atomic E-state index is 0.266. The quantitative estimate of drug-likeness (QED) is 0.778. The van der Waals surface area contributed by atoms with Crippen molar-refractivity contribution in [1.82, 2.24) is 20.6 Å². The van der Waals surface area contributed by atoms with Crippen LogP contribution >= 0.6 is 11.6 Å². The van der Waals surface area contributed by atoms with E-state index in [-0.39, 0.29) is 6.04 Å². The first-order valence-electron chi connectivity index (χ1n) is 6.88. The van der Waals surface area contributed by atoms with E-state index in [0.29, 0.717) is 34.6 Å². The summed E-state index contributed by atoms with van der Waals surface area (Å²) in [7, 11) is 1.89. The Morgan fingerprint density at radius 1 is 1.23 bits per heavy atom. The molecule has 0 aliphatic rings. The zero-order valence-electron chi connectivity index (χ0n) is 12.2. The third-order valence-corrected chi connectivity index (χ3v) is 3.53. The Morgan fingerprint density at radius 2 is 2.09 bits per heavy atom. The van der Waals surface area contributed by atoms with E-state index in [1.165, 1.54) is 0 Å². The van der Waals surface area contributed by atoms with Crippen LogP contribution in [0.1, 0.15) is 12.7 Å². The van der Waals surface area contributed by atoms with Crippen LogP contribution in [0.2, 0.25) is 5.02 Å². The van der Waals surface area contributed by atoms with Crippen LogP contribution in [-0.2, 0) is 6.42 Å². The largest absolute Gasteiger partial charge is 0.350 e. The number of likely N-dealkylation sites (N-methyl/N-ethyl adjacent to an activating group) is 1. The lowest BCUT2D eigenvalue weighted by Crippen LogP contribution is -2.24. The van der Waals surface area contributed by atoms with Gasteiger partial charge in [-0.3, -0.25) is 0 Å². The summed E-state index contributed by atoms with van der Waals surface area (Å²) >= 11 is 5.98. The SMILES string of the molecule is CNC(C)Cc1noc(-c2cc(-c3cccc(Cl)c3)no2)n1. The molecule has 0 amide bonds. The summed E-state index contributed by atoms with van der Waals surface area (Å²) in [6, 6.07) is 9.40. The first-order valence-corrected chi connectivity index (χ1v) is 7.26. The molecule has 0 fully saturated rings. The molecular weight excluding hydrogens is 304 g/mol. The summed E-state index contributed by atoms with van der Waals surface area (Å²) in [6.45, 7) is 2.04. The van der Waals surface area contributed by atoms with E-state index in [4.69, 9.17) is 20.6 Å². The molecule has 6 nitrogen and oxygen atoms in total. The zero-order valence-corrected chi connectivity index (χ0v) is 13.0. The lowest BCUT2D eigenvalue weighted by Gasteiger charge is -2.04. The summed E-state index contributed by atoms with van der Waals surface area (Å²) in [5.41, 5.74) is 1.53. The van der Waals surface area contributed by atoms with Gasteiger partial charge in [-0.1, -0.05) is 34.0 Å². The van der Waals surface area contributed by atoms with E-state index >= 15 is 0 Å². The van der Waals surface area contributed by atoms with E-state index < -0.39 is 0 Å². The van der Waals surface area contributed by atoms with Gasteiger partial charge in [-0.2, -0.15) is 4.98 Å². The number of aromatic nitrogens is 3. The fraction of sp³-hybridized carbons (Fsp3) is 0.267. The van der Waals surface area contributed by atoms with Crippen molar-refractivity contribution in [2.45, 2.75) is 19.4 Å². The van der Waals surface area contributed by atoms with E-state index in [1.54, 1.807) is 12.1 Å². The third kappa shape index (κ3) is 3.18. The lowest BCUT2D eigenvalue weighted by atomic mass is 10.1. The third-order valence-electron chi connectivity index (χ3n) is 3.29. The van der Waals surface area contributed by atoms with Gasteiger partial charge in [0.1, 0.15) is 5.69 Å². The Bertz CT molecular complexity index is 768. The molecule has 7 heteroatoms. The number of nitrogens with one attached hydrogen (secondary N) is 1. The molecule has 114 valence electrons. The van der Waals surface area contributed by atoms with Crippen LogP contribution in [0.25, 0.3) is 22.9 Å². The molecular formula is C15H15ClN4O2. The molecule has 0 aliphatic heterocycles. The number of hydrogen-bond donors (Lipinski definition) is 1. The van der Waals surface area contributed by atoms with Crippen molar-refractivity contribution in [2.24, 2.45) is 0 Å². The Morgan fingerprint density at radius 3 is 2.86 bits per heavy atom. The number of hydrogen-bond acceptors (Lipinski definition) is 6. The molecule has 3 rings (SSSR count). The Hall–Kier alpha value is -2.18. The average molecular weight is 319 g/mol. The summed E-state index contributed by atoms with van der Waals surface area (Å²) in [6.07, 6.45) is 0.676. The minimum Gasteiger partial charge on any atom is -0.350 e. The monoisotopic (exact) mass is 318 g/mol. The van der Waals surface area contributed by atoms with Crippen molar-refractivity contribution in [2.75, 3.05) is 7.05 Å². The van der Waals surface area contributed by atoms with E-state index in [9.17, 15) is 0 Å². The van der Waals surface area contributed by atoms with E-state index in [1.807, 2.05) is 32.2 Å². The van der Waals surface area contributed by atoms with Gasteiger partial charge in [0.05, 0.1) is 0 Å². The molecule has 2 heterocycles. The van der Waals surface area contributed by atoms with E-state index in [0.717, 1.165) is 5.56 Å². The first kappa shape index (κ1) is 14.7. The molecule has 0 spiro atoms. The second-order valence-electron chi connectivity index (χ2n) is 5.00. The highest BCUT2D eigenvalue weighted by Gasteiger charge is 2.16. The Kier molecular flexibility index (Phi) is 4.22. The van der Waals surface area contributed by atoms with Crippen LogP contribution in [0, 0.1) is 0 Å². The van der Waals surface area contributed by atoms with Gasteiger partial charge in [0.25, 0.3) is 5.89 Å². The topological polar surface area (TPSA) is 77.0 Å². The van der Waals surface area contributed by atoms with Crippen LogP contribution in [0.15, 0.2) is 39.4 Å². The first-order chi connectivity index (χ1) is 10.7. The fourth-order valence-corrected chi connectivity index (χ4v) is 2.16. The number of halogens is 1. The van der Waals surface area contributed by atoms with Gasteiger partial charge < -0.3 is 14.4 Å². The van der Waals surface area contributed by atoms with Gasteiger partial charge in [0.15, 0.2) is 5.82 Å². The fourth-order valence-electron chi connectivity index (χ4n) is 1.97. The average Bonchev–Trinajstić information content (AvgIpc) is 3.15. The maximum Gasteiger partial charge on any atom is 0.296 e. The summed E-state index contributed by atoms with van der Waals surface area (Å²) < 4.78 is 10.5. The van der Waals surface area contributed by atoms with Gasteiger partial charge in [0, 0.05) is 29.1 Å². The van der Waals surface area contributed by atoms with Crippen molar-refractivity contribution in [3.63, 3.8) is 0 Å². The molecule has 1 unspecified atom stereocenters. The van der Waals surface area contributed by atoms with Crippen molar-refractivity contribution in [3.05, 3.63) is 41.2 Å². The second kappa shape index (κ2) is 6.29. The lowest BCUT2D eigenvalue weighted by molar-refractivity contribution is 0.381. The predicted molar refractivity (Wildman–Crippen MR) is 82.5 cm³/mol. The molecule has 2 aromatic heterocycles. The number of rotatable bonds is 5. The normalized spacial score (nSPS) is 12.5. The van der Waals surface area contributed by atoms with Gasteiger partial charge >= 0.3 is 0 Å². The molecule has 1 aromatic carbocycles. The van der Waals surface area contributed by atoms with Gasteiger partial charge in [0.2, 0.25) is 5.76 Å². The Labute approximate surface area is 132 Å². The molecule has 0 bridgehead atoms. The second-order valence-corrected chi connectivity index (χ2v) is 5.43. The van der Waals surface area contributed by atoms with Crippen LogP contribution in [0.3, 0.4) is 0 Å². The minimum absolute atomic E-state index is 0.266. The zero-order chi connectivity index (χ0) is 15.5. The summed E-state index contributed by atoms with van der Waals surface area (Å²) in [5, 5.41) is 11.7. The molecule has 0 aliphatic carbocycles. The molecule has 0 saturated carbocycles. The molecule has 1 atom stereocenters.